The van der Waals surface area contributed by atoms with Crippen LogP contribution in [0.5, 0.6) is 0 Å². The highest BCUT2D eigenvalue weighted by molar-refractivity contribution is 6.09. The molecule has 0 aromatic heterocycles. The van der Waals surface area contributed by atoms with E-state index in [1.165, 1.54) is 5.56 Å². The van der Waals surface area contributed by atoms with Crippen LogP contribution in [0.2, 0.25) is 0 Å². The SMILES string of the molecule is O=C(NN=C(/C=C/c1ccccc1)/C=C/c1ccccc1)[C@H]1C[C@@H]1c1ccccc1. The molecule has 2 atom stereocenters. The van der Waals surface area contributed by atoms with Crippen molar-refractivity contribution in [2.24, 2.45) is 11.0 Å². The summed E-state index contributed by atoms with van der Waals surface area (Å²) in [6, 6.07) is 30.3. The van der Waals surface area contributed by atoms with E-state index < -0.39 is 0 Å². The normalized spacial score (nSPS) is 17.7. The first-order valence-corrected chi connectivity index (χ1v) is 10.2. The van der Waals surface area contributed by atoms with Crippen LogP contribution in [0.15, 0.2) is 108 Å². The van der Waals surface area contributed by atoms with Gasteiger partial charge >= 0.3 is 0 Å². The number of carbonyl (C=O) groups excluding carboxylic acids is 1. The number of nitrogens with one attached hydrogen (secondary N) is 1. The fraction of sp³-hybridized carbons (Fsp3) is 0.111. The van der Waals surface area contributed by atoms with E-state index in [-0.39, 0.29) is 11.8 Å². The molecule has 4 rings (SSSR count). The molecule has 0 unspecified atom stereocenters. The third-order valence-corrected chi connectivity index (χ3v) is 5.14. The van der Waals surface area contributed by atoms with Gasteiger partial charge in [0.2, 0.25) is 5.91 Å². The van der Waals surface area contributed by atoms with Gasteiger partial charge in [0.25, 0.3) is 0 Å². The quantitative estimate of drug-likeness (QED) is 0.407. The van der Waals surface area contributed by atoms with Gasteiger partial charge in [0.1, 0.15) is 0 Å². The summed E-state index contributed by atoms with van der Waals surface area (Å²) in [5.74, 6) is 0.265. The van der Waals surface area contributed by atoms with Crippen molar-refractivity contribution in [3.05, 3.63) is 120 Å². The lowest BCUT2D eigenvalue weighted by Crippen LogP contribution is -2.21. The number of amides is 1. The van der Waals surface area contributed by atoms with Crippen LogP contribution in [0.3, 0.4) is 0 Å². The molecule has 0 saturated heterocycles. The number of hydrazone groups is 1. The molecule has 0 radical (unpaired) electrons. The minimum absolute atomic E-state index is 0.00592. The van der Waals surface area contributed by atoms with Crippen molar-refractivity contribution in [3.63, 3.8) is 0 Å². The molecule has 30 heavy (non-hydrogen) atoms. The molecule has 1 aliphatic rings. The average Bonchev–Trinajstić information content (AvgIpc) is 3.61. The highest BCUT2D eigenvalue weighted by atomic mass is 16.2. The smallest absolute Gasteiger partial charge is 0.243 e. The van der Waals surface area contributed by atoms with E-state index in [0.717, 1.165) is 17.5 Å². The lowest BCUT2D eigenvalue weighted by molar-refractivity contribution is -0.122. The van der Waals surface area contributed by atoms with Gasteiger partial charge in [-0.3, -0.25) is 4.79 Å². The Morgan fingerprint density at radius 1 is 0.767 bits per heavy atom. The largest absolute Gasteiger partial charge is 0.273 e. The Kier molecular flexibility index (Phi) is 6.31. The third-order valence-electron chi connectivity index (χ3n) is 5.14. The molecule has 1 fully saturated rings. The Hall–Kier alpha value is -3.72. The van der Waals surface area contributed by atoms with Crippen molar-refractivity contribution in [2.75, 3.05) is 0 Å². The van der Waals surface area contributed by atoms with Gasteiger partial charge in [0, 0.05) is 5.92 Å². The van der Waals surface area contributed by atoms with Crippen LogP contribution in [0.25, 0.3) is 12.2 Å². The van der Waals surface area contributed by atoms with Crippen molar-refractivity contribution in [1.82, 2.24) is 5.43 Å². The number of hydrogen-bond acceptors (Lipinski definition) is 2. The van der Waals surface area contributed by atoms with E-state index in [4.69, 9.17) is 0 Å². The highest BCUT2D eigenvalue weighted by Crippen LogP contribution is 2.47. The number of rotatable bonds is 7. The molecular weight excluding hydrogens is 368 g/mol. The highest BCUT2D eigenvalue weighted by Gasteiger charge is 2.43. The number of allylic oxidation sites excluding steroid dienone is 2. The number of benzene rings is 3. The summed E-state index contributed by atoms with van der Waals surface area (Å²) < 4.78 is 0. The van der Waals surface area contributed by atoms with Crippen molar-refractivity contribution >= 4 is 23.8 Å². The van der Waals surface area contributed by atoms with E-state index in [2.05, 4.69) is 22.7 Å². The van der Waals surface area contributed by atoms with Gasteiger partial charge in [-0.05, 0) is 41.2 Å². The van der Waals surface area contributed by atoms with Gasteiger partial charge in [-0.25, -0.2) is 5.43 Å². The molecular formula is C27H24N2O. The van der Waals surface area contributed by atoms with Crippen LogP contribution < -0.4 is 5.43 Å². The lowest BCUT2D eigenvalue weighted by atomic mass is 10.1. The Morgan fingerprint density at radius 2 is 1.27 bits per heavy atom. The van der Waals surface area contributed by atoms with Crippen LogP contribution in [0.4, 0.5) is 0 Å². The fourth-order valence-corrected chi connectivity index (χ4v) is 3.38. The minimum atomic E-state index is -0.0254. The lowest BCUT2D eigenvalue weighted by Gasteiger charge is -2.02. The zero-order valence-electron chi connectivity index (χ0n) is 16.7. The maximum atomic E-state index is 12.6. The van der Waals surface area contributed by atoms with E-state index in [1.54, 1.807) is 0 Å². The van der Waals surface area contributed by atoms with Gasteiger partial charge in [-0.1, -0.05) is 103 Å². The molecule has 1 amide bonds. The molecule has 3 aromatic rings. The Bertz CT molecular complexity index is 1000. The first-order valence-electron chi connectivity index (χ1n) is 10.2. The summed E-state index contributed by atoms with van der Waals surface area (Å²) in [7, 11) is 0. The third kappa shape index (κ3) is 5.42. The van der Waals surface area contributed by atoms with Crippen molar-refractivity contribution in [1.29, 1.82) is 0 Å². The summed E-state index contributed by atoms with van der Waals surface area (Å²) in [5.41, 5.74) is 6.83. The number of nitrogens with zero attached hydrogens (tertiary/aromatic N) is 1. The molecule has 0 heterocycles. The van der Waals surface area contributed by atoms with E-state index in [1.807, 2.05) is 103 Å². The van der Waals surface area contributed by atoms with Gasteiger partial charge < -0.3 is 0 Å². The maximum Gasteiger partial charge on any atom is 0.243 e. The molecule has 0 aliphatic heterocycles. The van der Waals surface area contributed by atoms with Crippen molar-refractivity contribution in [2.45, 2.75) is 12.3 Å². The Labute approximate surface area is 177 Å². The first kappa shape index (κ1) is 19.6. The monoisotopic (exact) mass is 392 g/mol. The Morgan fingerprint density at radius 3 is 1.80 bits per heavy atom. The molecule has 148 valence electrons. The van der Waals surface area contributed by atoms with E-state index in [9.17, 15) is 4.79 Å². The van der Waals surface area contributed by atoms with Crippen LogP contribution in [0.1, 0.15) is 29.0 Å². The minimum Gasteiger partial charge on any atom is -0.273 e. The molecule has 3 heteroatoms. The number of hydrogen-bond donors (Lipinski definition) is 1. The second kappa shape index (κ2) is 9.66. The average molecular weight is 393 g/mol. The summed E-state index contributed by atoms with van der Waals surface area (Å²) in [5, 5.41) is 4.39. The van der Waals surface area contributed by atoms with Gasteiger partial charge in [-0.2, -0.15) is 5.10 Å². The summed E-state index contributed by atoms with van der Waals surface area (Å²) in [6.07, 6.45) is 8.68. The zero-order valence-corrected chi connectivity index (χ0v) is 16.7. The molecule has 3 nitrogen and oxygen atoms in total. The zero-order chi connectivity index (χ0) is 20.6. The van der Waals surface area contributed by atoms with Crippen molar-refractivity contribution in [3.8, 4) is 0 Å². The molecule has 1 N–H and O–H groups in total. The van der Waals surface area contributed by atoms with Crippen LogP contribution in [0, 0.1) is 5.92 Å². The predicted octanol–water partition coefficient (Wildman–Crippen LogP) is 5.69. The molecule has 1 aliphatic carbocycles. The maximum absolute atomic E-state index is 12.6. The Balaban J connectivity index is 1.46. The van der Waals surface area contributed by atoms with Gasteiger partial charge in [0.15, 0.2) is 0 Å². The number of carbonyl (C=O) groups is 1. The van der Waals surface area contributed by atoms with Crippen molar-refractivity contribution < 1.29 is 4.79 Å². The molecule has 0 spiro atoms. The second-order valence-corrected chi connectivity index (χ2v) is 7.36. The first-order chi connectivity index (χ1) is 14.8. The van der Waals surface area contributed by atoms with Gasteiger partial charge in [0.05, 0.1) is 5.71 Å². The van der Waals surface area contributed by atoms with E-state index in [0.29, 0.717) is 11.6 Å². The predicted molar refractivity (Wildman–Crippen MR) is 124 cm³/mol. The van der Waals surface area contributed by atoms with Gasteiger partial charge in [-0.15, -0.1) is 0 Å². The standard InChI is InChI=1S/C27H24N2O/c30-27(26-20-25(26)23-14-8-3-9-15-23)29-28-24(18-16-21-10-4-1-5-11-21)19-17-22-12-6-2-7-13-22/h1-19,25-26H,20H2,(H,29,30)/b18-16+,19-17+/t25-,26+/m1/s1. The topological polar surface area (TPSA) is 41.5 Å². The molecule has 0 bridgehead atoms. The van der Waals surface area contributed by atoms with Crippen LogP contribution >= 0.6 is 0 Å². The van der Waals surface area contributed by atoms with Crippen LogP contribution in [-0.2, 0) is 4.79 Å². The second-order valence-electron chi connectivity index (χ2n) is 7.36. The fourth-order valence-electron chi connectivity index (χ4n) is 3.38. The summed E-state index contributed by atoms with van der Waals surface area (Å²) in [4.78, 5) is 12.6. The summed E-state index contributed by atoms with van der Waals surface area (Å²) >= 11 is 0. The summed E-state index contributed by atoms with van der Waals surface area (Å²) in [6.45, 7) is 0. The van der Waals surface area contributed by atoms with Crippen LogP contribution in [-0.4, -0.2) is 11.6 Å². The van der Waals surface area contributed by atoms with E-state index >= 15 is 0 Å². The molecule has 3 aromatic carbocycles. The molecule has 1 saturated carbocycles.